The van der Waals surface area contributed by atoms with Crippen molar-refractivity contribution in [2.75, 3.05) is 68.6 Å². The first-order valence-electron chi connectivity index (χ1n) is 15.9. The number of fused-ring (bicyclic) bond motifs is 1. The minimum atomic E-state index is -0.658. The molecule has 2 aliphatic rings. The van der Waals surface area contributed by atoms with E-state index >= 15 is 0 Å². The summed E-state index contributed by atoms with van der Waals surface area (Å²) in [5.74, 6) is 0.919. The molecule has 0 aromatic heterocycles. The van der Waals surface area contributed by atoms with Gasteiger partial charge in [-0.15, -0.1) is 0 Å². The van der Waals surface area contributed by atoms with Gasteiger partial charge in [0.15, 0.2) is 11.5 Å². The van der Waals surface area contributed by atoms with Crippen molar-refractivity contribution < 1.29 is 33.3 Å². The Morgan fingerprint density at radius 2 is 1.51 bits per heavy atom. The lowest BCUT2D eigenvalue weighted by molar-refractivity contribution is 0.0365. The average molecular weight is 646 g/mol. The third-order valence-electron chi connectivity index (χ3n) is 7.49. The molecular formula is C35H43N5O7. The van der Waals surface area contributed by atoms with Crippen LogP contribution in [-0.4, -0.2) is 86.0 Å². The minimum Gasteiger partial charge on any atom is -0.486 e. The van der Waals surface area contributed by atoms with Gasteiger partial charge < -0.3 is 34.5 Å². The van der Waals surface area contributed by atoms with Gasteiger partial charge in [-0.2, -0.15) is 0 Å². The van der Waals surface area contributed by atoms with Gasteiger partial charge in [-0.25, -0.2) is 9.59 Å². The molecule has 4 amide bonds. The van der Waals surface area contributed by atoms with E-state index in [1.54, 1.807) is 80.3 Å². The van der Waals surface area contributed by atoms with E-state index in [9.17, 15) is 14.4 Å². The Morgan fingerprint density at radius 3 is 2.21 bits per heavy atom. The van der Waals surface area contributed by atoms with Crippen molar-refractivity contribution in [2.24, 2.45) is 0 Å². The van der Waals surface area contributed by atoms with Gasteiger partial charge in [0.25, 0.3) is 5.91 Å². The van der Waals surface area contributed by atoms with E-state index in [1.807, 2.05) is 12.1 Å². The van der Waals surface area contributed by atoms with E-state index < -0.39 is 11.7 Å². The molecule has 0 radical (unpaired) electrons. The zero-order valence-corrected chi connectivity index (χ0v) is 27.2. The number of ether oxygens (including phenoxy) is 4. The number of carbonyl (C=O) groups is 3. The first-order valence-corrected chi connectivity index (χ1v) is 15.9. The van der Waals surface area contributed by atoms with E-state index in [2.05, 4.69) is 20.9 Å². The van der Waals surface area contributed by atoms with Crippen molar-refractivity contribution in [3.05, 3.63) is 77.9 Å². The Kier molecular flexibility index (Phi) is 11.2. The first-order chi connectivity index (χ1) is 22.6. The zero-order chi connectivity index (χ0) is 33.2. The smallest absolute Gasteiger partial charge is 0.412 e. The molecule has 1 saturated heterocycles. The van der Waals surface area contributed by atoms with Gasteiger partial charge in [0.2, 0.25) is 0 Å². The highest BCUT2D eigenvalue weighted by Gasteiger charge is 2.20. The van der Waals surface area contributed by atoms with Gasteiger partial charge in [-0.3, -0.25) is 15.0 Å². The van der Waals surface area contributed by atoms with Crippen LogP contribution in [0.1, 0.15) is 43.1 Å². The van der Waals surface area contributed by atoms with Gasteiger partial charge >= 0.3 is 12.1 Å². The van der Waals surface area contributed by atoms with Crippen LogP contribution in [0.15, 0.2) is 66.7 Å². The number of para-hydroxylation sites is 2. The molecule has 12 heteroatoms. The summed E-state index contributed by atoms with van der Waals surface area (Å²) < 4.78 is 22.1. The van der Waals surface area contributed by atoms with E-state index in [0.717, 1.165) is 44.8 Å². The first kappa shape index (κ1) is 33.6. The van der Waals surface area contributed by atoms with E-state index in [0.29, 0.717) is 60.4 Å². The molecule has 47 heavy (non-hydrogen) atoms. The normalized spacial score (nSPS) is 14.5. The molecule has 3 aromatic rings. The Morgan fingerprint density at radius 1 is 0.830 bits per heavy atom. The number of nitrogens with zero attached hydrogens (tertiary/aromatic N) is 2. The fourth-order valence-electron chi connectivity index (χ4n) is 5.18. The zero-order valence-electron chi connectivity index (χ0n) is 27.2. The molecule has 0 bridgehead atoms. The number of hydrogen-bond donors (Lipinski definition) is 3. The van der Waals surface area contributed by atoms with Crippen molar-refractivity contribution >= 4 is 35.1 Å². The fraction of sp³-hybridized carbons (Fsp3) is 0.400. The minimum absolute atomic E-state index is 0.237. The lowest BCUT2D eigenvalue weighted by atomic mass is 10.1. The maximum Gasteiger partial charge on any atom is 0.412 e. The molecule has 0 atom stereocenters. The van der Waals surface area contributed by atoms with E-state index in [1.165, 1.54) is 0 Å². The van der Waals surface area contributed by atoms with Crippen LogP contribution >= 0.6 is 0 Å². The quantitative estimate of drug-likeness (QED) is 0.252. The summed E-state index contributed by atoms with van der Waals surface area (Å²) in [6.45, 7) is 11.3. The summed E-state index contributed by atoms with van der Waals surface area (Å²) in [6, 6.07) is 19.2. The van der Waals surface area contributed by atoms with Gasteiger partial charge in [-0.1, -0.05) is 24.3 Å². The van der Waals surface area contributed by atoms with Crippen molar-refractivity contribution in [1.29, 1.82) is 0 Å². The molecule has 250 valence electrons. The molecular weight excluding hydrogens is 602 g/mol. The highest BCUT2D eigenvalue weighted by molar-refractivity contribution is 6.06. The number of anilines is 3. The Hall–Kier alpha value is -4.81. The number of carbonyl (C=O) groups excluding carboxylic acids is 3. The molecule has 2 aliphatic heterocycles. The van der Waals surface area contributed by atoms with Gasteiger partial charge in [0.1, 0.15) is 18.8 Å². The summed E-state index contributed by atoms with van der Waals surface area (Å²) in [5, 5.41) is 8.56. The highest BCUT2D eigenvalue weighted by Crippen LogP contribution is 2.32. The number of rotatable bonds is 10. The summed E-state index contributed by atoms with van der Waals surface area (Å²) in [5.41, 5.74) is 2.12. The maximum atomic E-state index is 13.5. The average Bonchev–Trinajstić information content (AvgIpc) is 3.05. The Bertz CT molecular complexity index is 1530. The lowest BCUT2D eigenvalue weighted by Crippen LogP contribution is -2.40. The third-order valence-corrected chi connectivity index (χ3v) is 7.49. The number of benzene rings is 3. The second-order valence-corrected chi connectivity index (χ2v) is 12.3. The van der Waals surface area contributed by atoms with Gasteiger partial charge in [0.05, 0.1) is 24.6 Å². The number of nitrogens with one attached hydrogen (secondary N) is 3. The van der Waals surface area contributed by atoms with Crippen molar-refractivity contribution in [1.82, 2.24) is 9.80 Å². The Balaban J connectivity index is 1.23. The third kappa shape index (κ3) is 10.1. The molecule has 2 heterocycles. The lowest BCUT2D eigenvalue weighted by Gasteiger charge is -2.28. The summed E-state index contributed by atoms with van der Waals surface area (Å²) in [4.78, 5) is 43.1. The SMILES string of the molecule is CC(C)(C)OC(=O)Nc1ccccc1NC(=O)c1ccc(CN(CCCN2CCOCC2)C(=O)Nc2ccc3c(c2)OCCO3)cc1. The number of morpholine rings is 1. The highest BCUT2D eigenvalue weighted by atomic mass is 16.6. The van der Waals surface area contributed by atoms with E-state index in [-0.39, 0.29) is 11.9 Å². The summed E-state index contributed by atoms with van der Waals surface area (Å²) in [7, 11) is 0. The maximum absolute atomic E-state index is 13.5. The van der Waals surface area contributed by atoms with Gasteiger partial charge in [0, 0.05) is 50.0 Å². The largest absolute Gasteiger partial charge is 0.486 e. The number of hydrogen-bond acceptors (Lipinski definition) is 8. The molecule has 0 unspecified atom stereocenters. The topological polar surface area (TPSA) is 131 Å². The molecule has 3 N–H and O–H groups in total. The predicted molar refractivity (Wildman–Crippen MR) is 179 cm³/mol. The predicted octanol–water partition coefficient (Wildman–Crippen LogP) is 5.81. The van der Waals surface area contributed by atoms with Crippen molar-refractivity contribution in [3.63, 3.8) is 0 Å². The molecule has 12 nitrogen and oxygen atoms in total. The molecule has 0 aliphatic carbocycles. The molecule has 0 spiro atoms. The molecule has 0 saturated carbocycles. The second kappa shape index (κ2) is 15.7. The van der Waals surface area contributed by atoms with E-state index in [4.69, 9.17) is 18.9 Å². The summed E-state index contributed by atoms with van der Waals surface area (Å²) >= 11 is 0. The van der Waals surface area contributed by atoms with Crippen molar-refractivity contribution in [3.8, 4) is 11.5 Å². The monoisotopic (exact) mass is 645 g/mol. The van der Waals surface area contributed by atoms with Crippen molar-refractivity contribution in [2.45, 2.75) is 39.3 Å². The van der Waals surface area contributed by atoms with Gasteiger partial charge in [-0.05, 0) is 69.2 Å². The Labute approximate surface area is 275 Å². The standard InChI is InChI=1S/C35H43N5O7/c1-35(2,3)47-34(43)38-29-8-5-4-7-28(29)37-32(41)26-11-9-25(10-12-26)24-40(16-6-15-39-17-19-44-20-18-39)33(42)36-27-13-14-30-31(23-27)46-22-21-45-30/h4-5,7-14,23H,6,15-22,24H2,1-3H3,(H,36,42)(H,37,41)(H,38,43). The summed E-state index contributed by atoms with van der Waals surface area (Å²) in [6.07, 6.45) is 0.183. The van der Waals surface area contributed by atoms with Crippen LogP contribution in [0.5, 0.6) is 11.5 Å². The van der Waals surface area contributed by atoms with Crippen LogP contribution in [0.2, 0.25) is 0 Å². The second-order valence-electron chi connectivity index (χ2n) is 12.3. The number of urea groups is 1. The number of amides is 4. The van der Waals surface area contributed by atoms with Crippen LogP contribution in [0, 0.1) is 0 Å². The molecule has 3 aromatic carbocycles. The molecule has 5 rings (SSSR count). The van der Waals surface area contributed by atoms with Crippen LogP contribution in [0.25, 0.3) is 0 Å². The van der Waals surface area contributed by atoms with Crippen LogP contribution < -0.4 is 25.4 Å². The van der Waals surface area contributed by atoms with Crippen LogP contribution in [0.3, 0.4) is 0 Å². The van der Waals surface area contributed by atoms with Crippen LogP contribution in [0.4, 0.5) is 26.7 Å². The molecule has 1 fully saturated rings. The fourth-order valence-corrected chi connectivity index (χ4v) is 5.18. The van der Waals surface area contributed by atoms with Crippen LogP contribution in [-0.2, 0) is 16.0 Å².